The van der Waals surface area contributed by atoms with Gasteiger partial charge >= 0.3 is 0 Å². The predicted octanol–water partition coefficient (Wildman–Crippen LogP) is 14.2. The van der Waals surface area contributed by atoms with Crippen molar-refractivity contribution in [3.8, 4) is 34.0 Å². The van der Waals surface area contributed by atoms with Gasteiger partial charge in [0, 0.05) is 54.3 Å². The molecule has 5 nitrogen and oxygen atoms in total. The van der Waals surface area contributed by atoms with Crippen LogP contribution in [0, 0.1) is 0 Å². The highest BCUT2D eigenvalue weighted by atomic mass is 16.3. The summed E-state index contributed by atoms with van der Waals surface area (Å²) in [5, 5.41) is 10.1. The maximum absolute atomic E-state index is 7.02. The molecule has 4 aromatic heterocycles. The molecule has 0 unspecified atom stereocenters. The first-order chi connectivity index (χ1) is 29.3. The molecular weight excluding hydrogens is 721 g/mol. The Morgan fingerprint density at radius 2 is 0.983 bits per heavy atom. The minimum atomic E-state index is 0.603. The van der Waals surface area contributed by atoms with Gasteiger partial charge in [-0.15, -0.1) is 0 Å². The number of furan rings is 1. The quantitative estimate of drug-likeness (QED) is 0.180. The molecule has 0 aliphatic carbocycles. The van der Waals surface area contributed by atoms with Gasteiger partial charge in [-0.1, -0.05) is 133 Å². The minimum Gasteiger partial charge on any atom is -0.455 e. The molecule has 0 N–H and O–H groups in total. The molecule has 59 heavy (non-hydrogen) atoms. The fraction of sp³-hybridized carbons (Fsp3) is 0. The van der Waals surface area contributed by atoms with E-state index in [0.717, 1.165) is 99.0 Å². The Labute approximate surface area is 337 Å². The third-order valence-corrected chi connectivity index (χ3v) is 12.1. The molecule has 0 saturated heterocycles. The lowest BCUT2D eigenvalue weighted by Gasteiger charge is -2.13. The molecule has 0 aliphatic rings. The molecule has 274 valence electrons. The van der Waals surface area contributed by atoms with Gasteiger partial charge in [0.05, 0.1) is 33.3 Å². The summed E-state index contributed by atoms with van der Waals surface area (Å²) in [7, 11) is 0. The van der Waals surface area contributed by atoms with E-state index in [1.807, 2.05) is 0 Å². The zero-order chi connectivity index (χ0) is 38.6. The maximum atomic E-state index is 7.02. The van der Waals surface area contributed by atoms with Crippen molar-refractivity contribution in [3.63, 3.8) is 0 Å². The molecule has 9 aromatic carbocycles. The van der Waals surface area contributed by atoms with Crippen LogP contribution in [0.2, 0.25) is 0 Å². The Hall–Kier alpha value is -8.02. The third kappa shape index (κ3) is 4.67. The lowest BCUT2D eigenvalue weighted by Crippen LogP contribution is -2.04. The van der Waals surface area contributed by atoms with Gasteiger partial charge in [-0.3, -0.25) is 4.57 Å². The second-order valence-corrected chi connectivity index (χ2v) is 15.3. The summed E-state index contributed by atoms with van der Waals surface area (Å²) in [5.74, 6) is 0.603. The van der Waals surface area contributed by atoms with E-state index in [1.54, 1.807) is 0 Å². The summed E-state index contributed by atoms with van der Waals surface area (Å²) >= 11 is 0. The third-order valence-electron chi connectivity index (χ3n) is 12.1. The molecule has 0 atom stereocenters. The van der Waals surface area contributed by atoms with Crippen LogP contribution in [-0.2, 0) is 0 Å². The van der Waals surface area contributed by atoms with Crippen LogP contribution in [0.3, 0.4) is 0 Å². The normalized spacial score (nSPS) is 12.1. The number of hydrogen-bond donors (Lipinski definition) is 0. The number of rotatable bonds is 4. The Kier molecular flexibility index (Phi) is 6.66. The molecule has 13 aromatic rings. The smallest absolute Gasteiger partial charge is 0.235 e. The van der Waals surface area contributed by atoms with Gasteiger partial charge < -0.3 is 8.98 Å². The largest absolute Gasteiger partial charge is 0.455 e. The van der Waals surface area contributed by atoms with Gasteiger partial charge in [0.2, 0.25) is 5.95 Å². The average molecular weight is 753 g/mol. The lowest BCUT2D eigenvalue weighted by atomic mass is 9.96. The fourth-order valence-corrected chi connectivity index (χ4v) is 9.45. The van der Waals surface area contributed by atoms with E-state index in [9.17, 15) is 0 Å². The Morgan fingerprint density at radius 1 is 0.356 bits per heavy atom. The monoisotopic (exact) mass is 752 g/mol. The van der Waals surface area contributed by atoms with Crippen LogP contribution in [0.1, 0.15) is 0 Å². The molecule has 0 bridgehead atoms. The minimum absolute atomic E-state index is 0.603. The molecule has 0 radical (unpaired) electrons. The van der Waals surface area contributed by atoms with Gasteiger partial charge in [-0.2, -0.15) is 0 Å². The van der Waals surface area contributed by atoms with E-state index in [2.05, 4.69) is 203 Å². The summed E-state index contributed by atoms with van der Waals surface area (Å²) in [6.07, 6.45) is 0. The van der Waals surface area contributed by atoms with Crippen molar-refractivity contribution < 1.29 is 4.42 Å². The second kappa shape index (κ2) is 12.2. The molecule has 5 heteroatoms. The van der Waals surface area contributed by atoms with Gasteiger partial charge in [0.15, 0.2) is 0 Å². The van der Waals surface area contributed by atoms with Crippen molar-refractivity contribution in [2.24, 2.45) is 0 Å². The first-order valence-corrected chi connectivity index (χ1v) is 20.0. The zero-order valence-electron chi connectivity index (χ0n) is 31.7. The average Bonchev–Trinajstić information content (AvgIpc) is 3.96. The molecule has 0 fully saturated rings. The lowest BCUT2D eigenvalue weighted by molar-refractivity contribution is 0.673. The predicted molar refractivity (Wildman–Crippen MR) is 244 cm³/mol. The van der Waals surface area contributed by atoms with E-state index in [1.165, 1.54) is 16.3 Å². The second-order valence-electron chi connectivity index (χ2n) is 15.3. The van der Waals surface area contributed by atoms with E-state index < -0.39 is 0 Å². The van der Waals surface area contributed by atoms with Gasteiger partial charge in [0.25, 0.3) is 0 Å². The molecule has 0 spiro atoms. The van der Waals surface area contributed by atoms with Gasteiger partial charge in [-0.25, -0.2) is 9.97 Å². The summed E-state index contributed by atoms with van der Waals surface area (Å²) in [6, 6.07) is 68.9. The molecule has 0 amide bonds. The van der Waals surface area contributed by atoms with Gasteiger partial charge in [-0.05, 0) is 77.2 Å². The number of aromatic nitrogens is 4. The van der Waals surface area contributed by atoms with Crippen molar-refractivity contribution in [2.45, 2.75) is 0 Å². The van der Waals surface area contributed by atoms with Crippen molar-refractivity contribution in [1.82, 2.24) is 19.1 Å². The van der Waals surface area contributed by atoms with Crippen molar-refractivity contribution in [3.05, 3.63) is 194 Å². The summed E-state index contributed by atoms with van der Waals surface area (Å²) < 4.78 is 11.6. The topological polar surface area (TPSA) is 48.8 Å². The van der Waals surface area contributed by atoms with Crippen molar-refractivity contribution in [2.75, 3.05) is 0 Å². The molecule has 13 rings (SSSR count). The van der Waals surface area contributed by atoms with E-state index in [-0.39, 0.29) is 0 Å². The Bertz CT molecular complexity index is 3840. The Balaban J connectivity index is 1.15. The first-order valence-electron chi connectivity index (χ1n) is 20.0. The molecule has 0 aliphatic heterocycles. The van der Waals surface area contributed by atoms with Gasteiger partial charge in [0.1, 0.15) is 11.2 Å². The number of nitrogens with zero attached hydrogens (tertiary/aromatic N) is 4. The van der Waals surface area contributed by atoms with Crippen LogP contribution in [0.4, 0.5) is 0 Å². The highest BCUT2D eigenvalue weighted by molar-refractivity contribution is 6.20. The van der Waals surface area contributed by atoms with Crippen molar-refractivity contribution in [1.29, 1.82) is 0 Å². The highest BCUT2D eigenvalue weighted by Crippen LogP contribution is 2.44. The van der Waals surface area contributed by atoms with E-state index >= 15 is 0 Å². The molecule has 0 saturated carbocycles. The number of para-hydroxylation sites is 4. The number of fused-ring (bicyclic) bond motifs is 12. The van der Waals surface area contributed by atoms with Crippen LogP contribution in [-0.4, -0.2) is 19.1 Å². The molecule has 4 heterocycles. The van der Waals surface area contributed by atoms with Crippen LogP contribution in [0.5, 0.6) is 0 Å². The van der Waals surface area contributed by atoms with E-state index in [4.69, 9.17) is 14.4 Å². The van der Waals surface area contributed by atoms with Crippen LogP contribution >= 0.6 is 0 Å². The molecular formula is C54H32N4O. The van der Waals surface area contributed by atoms with E-state index in [0.29, 0.717) is 5.95 Å². The number of benzene rings is 9. The first kappa shape index (κ1) is 32.1. The van der Waals surface area contributed by atoms with Crippen LogP contribution in [0.15, 0.2) is 199 Å². The summed E-state index contributed by atoms with van der Waals surface area (Å²) in [4.78, 5) is 11.0. The zero-order valence-corrected chi connectivity index (χ0v) is 31.7. The summed E-state index contributed by atoms with van der Waals surface area (Å²) in [5.41, 5.74) is 12.0. The summed E-state index contributed by atoms with van der Waals surface area (Å²) in [6.45, 7) is 0. The fourth-order valence-electron chi connectivity index (χ4n) is 9.45. The van der Waals surface area contributed by atoms with Crippen LogP contribution in [0.25, 0.3) is 121 Å². The highest BCUT2D eigenvalue weighted by Gasteiger charge is 2.23. The van der Waals surface area contributed by atoms with Crippen molar-refractivity contribution >= 4 is 87.2 Å². The van der Waals surface area contributed by atoms with Crippen LogP contribution < -0.4 is 0 Å². The SMILES string of the molecule is c1ccc(-c2cc(-c3nc(-n4c5ccccc5c5cc6c7ccccc7n(-c7ccccc7)c6cc54)nc4ccccc34)c3oc4c5ccccc5ccc4c3c2)cc1. The Morgan fingerprint density at radius 3 is 1.76 bits per heavy atom. The maximum Gasteiger partial charge on any atom is 0.235 e. The standard InChI is InChI=1S/C54H32N4O/c1-3-15-33(16-4-1)35-29-44-40-28-27-34-17-7-8-20-37(34)52(40)59-53(44)45(30-35)51-41-23-9-12-24-46(41)55-54(56-51)58-48-26-14-11-22-39(48)43-31-42-38-21-10-13-25-47(38)57(49(42)32-50(43)58)36-18-5-2-6-19-36/h1-32H. The number of hydrogen-bond acceptors (Lipinski definition) is 3.